The molecule has 0 bridgehead atoms. The van der Waals surface area contributed by atoms with Crippen LogP contribution in [0.15, 0.2) is 18.3 Å². The molecular weight excluding hydrogens is 242 g/mol. The van der Waals surface area contributed by atoms with E-state index >= 15 is 0 Å². The van der Waals surface area contributed by atoms with Gasteiger partial charge in [0.25, 0.3) is 0 Å². The van der Waals surface area contributed by atoms with Crippen LogP contribution in [0.5, 0.6) is 0 Å². The van der Waals surface area contributed by atoms with E-state index in [1.165, 1.54) is 0 Å². The number of likely N-dealkylation sites (N-methyl/N-ethyl adjacent to an activating group) is 1. The summed E-state index contributed by atoms with van der Waals surface area (Å²) in [7, 11) is 4.01. The van der Waals surface area contributed by atoms with Crippen molar-refractivity contribution in [2.75, 3.05) is 38.6 Å². The molecule has 5 nitrogen and oxygen atoms in total. The van der Waals surface area contributed by atoms with Gasteiger partial charge in [-0.2, -0.15) is 0 Å². The highest BCUT2D eigenvalue weighted by atomic mass is 16.4. The molecular formula is C14H23N3O2. The van der Waals surface area contributed by atoms with Crippen molar-refractivity contribution in [3.05, 3.63) is 23.9 Å². The van der Waals surface area contributed by atoms with Gasteiger partial charge in [-0.15, -0.1) is 0 Å². The van der Waals surface area contributed by atoms with Gasteiger partial charge in [-0.05, 0) is 32.1 Å². The Morgan fingerprint density at radius 3 is 2.58 bits per heavy atom. The standard InChI is InChI=1S/C14H23N3O2/c1-11(2)10-17(9-8-16(3)4)13-12(14(18)19)6-5-7-15-13/h5-7,11H,8-10H2,1-4H3,(H,18,19). The third-order valence-corrected chi connectivity index (χ3v) is 2.72. The summed E-state index contributed by atoms with van der Waals surface area (Å²) in [6.07, 6.45) is 1.64. The SMILES string of the molecule is CC(C)CN(CCN(C)C)c1ncccc1C(=O)O. The molecule has 0 amide bonds. The summed E-state index contributed by atoms with van der Waals surface area (Å²) in [4.78, 5) is 19.7. The molecule has 0 fully saturated rings. The zero-order valence-electron chi connectivity index (χ0n) is 12.1. The first-order chi connectivity index (χ1) is 8.91. The number of anilines is 1. The van der Waals surface area contributed by atoms with E-state index in [0.29, 0.717) is 11.7 Å². The molecule has 1 rings (SSSR count). The number of pyridine rings is 1. The molecule has 5 heteroatoms. The molecule has 0 radical (unpaired) electrons. The quantitative estimate of drug-likeness (QED) is 0.814. The Bertz CT molecular complexity index is 419. The molecule has 1 aromatic heterocycles. The van der Waals surface area contributed by atoms with Crippen LogP contribution in [-0.2, 0) is 0 Å². The van der Waals surface area contributed by atoms with Crippen LogP contribution in [0.25, 0.3) is 0 Å². The Hall–Kier alpha value is -1.62. The maximum atomic E-state index is 11.3. The molecule has 0 unspecified atom stereocenters. The molecule has 1 heterocycles. The molecule has 0 atom stereocenters. The predicted octanol–water partition coefficient (Wildman–Crippen LogP) is 1.80. The first kappa shape index (κ1) is 15.4. The largest absolute Gasteiger partial charge is 0.478 e. The van der Waals surface area contributed by atoms with E-state index in [-0.39, 0.29) is 5.56 Å². The van der Waals surface area contributed by atoms with Crippen LogP contribution < -0.4 is 4.90 Å². The van der Waals surface area contributed by atoms with Crippen LogP contribution in [0.2, 0.25) is 0 Å². The minimum atomic E-state index is -0.929. The lowest BCUT2D eigenvalue weighted by Crippen LogP contribution is -2.36. The number of carbonyl (C=O) groups is 1. The molecule has 0 saturated carbocycles. The maximum absolute atomic E-state index is 11.3. The van der Waals surface area contributed by atoms with Crippen molar-refractivity contribution in [1.29, 1.82) is 0 Å². The normalized spacial score (nSPS) is 11.1. The van der Waals surface area contributed by atoms with Gasteiger partial charge in [0.05, 0.1) is 0 Å². The van der Waals surface area contributed by atoms with Crippen LogP contribution in [0, 0.1) is 5.92 Å². The Morgan fingerprint density at radius 1 is 1.37 bits per heavy atom. The minimum Gasteiger partial charge on any atom is -0.478 e. The van der Waals surface area contributed by atoms with Gasteiger partial charge >= 0.3 is 5.97 Å². The molecule has 1 N–H and O–H groups in total. The van der Waals surface area contributed by atoms with Crippen molar-refractivity contribution in [3.63, 3.8) is 0 Å². The molecule has 0 aliphatic rings. The minimum absolute atomic E-state index is 0.266. The van der Waals surface area contributed by atoms with E-state index in [1.807, 2.05) is 19.0 Å². The Labute approximate surface area is 114 Å². The number of hydrogen-bond acceptors (Lipinski definition) is 4. The third kappa shape index (κ3) is 4.87. The number of rotatable bonds is 7. The van der Waals surface area contributed by atoms with Crippen LogP contribution in [0.4, 0.5) is 5.82 Å². The average Bonchev–Trinajstić information content (AvgIpc) is 2.33. The molecule has 0 spiro atoms. The van der Waals surface area contributed by atoms with Gasteiger partial charge in [0.2, 0.25) is 0 Å². The second-order valence-electron chi connectivity index (χ2n) is 5.32. The maximum Gasteiger partial charge on any atom is 0.339 e. The molecule has 1 aromatic rings. The van der Waals surface area contributed by atoms with E-state index in [1.54, 1.807) is 18.3 Å². The third-order valence-electron chi connectivity index (χ3n) is 2.72. The van der Waals surface area contributed by atoms with Gasteiger partial charge in [-0.25, -0.2) is 9.78 Å². The summed E-state index contributed by atoms with van der Waals surface area (Å²) in [6, 6.07) is 3.26. The second kappa shape index (κ2) is 7.09. The van der Waals surface area contributed by atoms with E-state index in [0.717, 1.165) is 19.6 Å². The van der Waals surface area contributed by atoms with Crippen molar-refractivity contribution in [2.24, 2.45) is 5.92 Å². The van der Waals surface area contributed by atoms with E-state index in [9.17, 15) is 9.90 Å². The topological polar surface area (TPSA) is 56.7 Å². The predicted molar refractivity (Wildman–Crippen MR) is 76.8 cm³/mol. The highest BCUT2D eigenvalue weighted by Crippen LogP contribution is 2.18. The van der Waals surface area contributed by atoms with Gasteiger partial charge in [0, 0.05) is 25.8 Å². The zero-order chi connectivity index (χ0) is 14.4. The van der Waals surface area contributed by atoms with Crippen LogP contribution in [0.3, 0.4) is 0 Å². The van der Waals surface area contributed by atoms with Crippen molar-refractivity contribution < 1.29 is 9.90 Å². The summed E-state index contributed by atoms with van der Waals surface area (Å²) < 4.78 is 0. The van der Waals surface area contributed by atoms with Gasteiger partial charge in [-0.3, -0.25) is 0 Å². The number of aromatic carboxylic acids is 1. The van der Waals surface area contributed by atoms with Crippen LogP contribution in [-0.4, -0.2) is 54.7 Å². The number of aromatic nitrogens is 1. The molecule has 19 heavy (non-hydrogen) atoms. The number of carboxylic acids is 1. The summed E-state index contributed by atoms with van der Waals surface area (Å²) in [6.45, 7) is 6.66. The van der Waals surface area contributed by atoms with Crippen molar-refractivity contribution >= 4 is 11.8 Å². The average molecular weight is 265 g/mol. The van der Waals surface area contributed by atoms with Gasteiger partial charge in [0.1, 0.15) is 11.4 Å². The fourth-order valence-corrected chi connectivity index (χ4v) is 1.86. The molecule has 106 valence electrons. The lowest BCUT2D eigenvalue weighted by molar-refractivity contribution is 0.0697. The van der Waals surface area contributed by atoms with Gasteiger partial charge in [-0.1, -0.05) is 13.8 Å². The Morgan fingerprint density at radius 2 is 2.05 bits per heavy atom. The van der Waals surface area contributed by atoms with Gasteiger partial charge < -0.3 is 14.9 Å². The highest BCUT2D eigenvalue weighted by Gasteiger charge is 2.17. The Balaban J connectivity index is 2.99. The number of carboxylic acid groups (broad SMARTS) is 1. The Kier molecular flexibility index (Phi) is 5.76. The first-order valence-electron chi connectivity index (χ1n) is 6.49. The summed E-state index contributed by atoms with van der Waals surface area (Å²) in [5, 5.41) is 9.25. The van der Waals surface area contributed by atoms with E-state index < -0.39 is 5.97 Å². The molecule has 0 saturated heterocycles. The van der Waals surface area contributed by atoms with E-state index in [4.69, 9.17) is 0 Å². The smallest absolute Gasteiger partial charge is 0.339 e. The summed E-state index contributed by atoms with van der Waals surface area (Å²) in [5.41, 5.74) is 0.266. The molecule has 0 aliphatic carbocycles. The molecule has 0 aromatic carbocycles. The van der Waals surface area contributed by atoms with Crippen molar-refractivity contribution in [2.45, 2.75) is 13.8 Å². The number of nitrogens with zero attached hydrogens (tertiary/aromatic N) is 3. The zero-order valence-corrected chi connectivity index (χ0v) is 12.1. The number of hydrogen-bond donors (Lipinski definition) is 1. The van der Waals surface area contributed by atoms with E-state index in [2.05, 4.69) is 23.7 Å². The summed E-state index contributed by atoms with van der Waals surface area (Å²) in [5.74, 6) is 0.0815. The lowest BCUT2D eigenvalue weighted by Gasteiger charge is -2.28. The second-order valence-corrected chi connectivity index (χ2v) is 5.32. The highest BCUT2D eigenvalue weighted by molar-refractivity contribution is 5.93. The van der Waals surface area contributed by atoms with Crippen molar-refractivity contribution in [1.82, 2.24) is 9.88 Å². The summed E-state index contributed by atoms with van der Waals surface area (Å²) >= 11 is 0. The monoisotopic (exact) mass is 265 g/mol. The lowest BCUT2D eigenvalue weighted by atomic mass is 10.1. The van der Waals surface area contributed by atoms with Crippen LogP contribution in [0.1, 0.15) is 24.2 Å². The molecule has 0 aliphatic heterocycles. The fourth-order valence-electron chi connectivity index (χ4n) is 1.86. The first-order valence-corrected chi connectivity index (χ1v) is 6.49. The van der Waals surface area contributed by atoms with Gasteiger partial charge in [0.15, 0.2) is 0 Å². The fraction of sp³-hybridized carbons (Fsp3) is 0.571. The van der Waals surface area contributed by atoms with Crippen LogP contribution >= 0.6 is 0 Å². The van der Waals surface area contributed by atoms with Crippen molar-refractivity contribution in [3.8, 4) is 0 Å².